The minimum atomic E-state index is -0.00721. The molecule has 1 aromatic heterocycles. The second-order valence-electron chi connectivity index (χ2n) is 3.42. The van der Waals surface area contributed by atoms with Gasteiger partial charge < -0.3 is 0 Å². The van der Waals surface area contributed by atoms with Crippen LogP contribution in [-0.4, -0.2) is 0 Å². The van der Waals surface area contributed by atoms with Crippen molar-refractivity contribution in [2.24, 2.45) is 0 Å². The minimum absolute atomic E-state index is 0.00721. The zero-order valence-corrected chi connectivity index (χ0v) is 12.2. The maximum absolute atomic E-state index is 6.36. The van der Waals surface area contributed by atoms with E-state index in [0.29, 0.717) is 5.02 Å². The summed E-state index contributed by atoms with van der Waals surface area (Å²) in [7, 11) is 0. The number of thiophene rings is 1. The van der Waals surface area contributed by atoms with Crippen LogP contribution in [-0.2, 0) is 6.42 Å². The molecule has 1 unspecified atom stereocenters. The van der Waals surface area contributed by atoms with Gasteiger partial charge in [0.15, 0.2) is 0 Å². The van der Waals surface area contributed by atoms with Crippen LogP contribution in [0.25, 0.3) is 0 Å². The fourth-order valence-electron chi connectivity index (χ4n) is 1.43. The van der Waals surface area contributed by atoms with Crippen LogP contribution in [0.1, 0.15) is 15.8 Å². The Morgan fingerprint density at radius 2 is 2.12 bits per heavy atom. The molecule has 16 heavy (non-hydrogen) atoms. The Balaban J connectivity index is 2.14. The van der Waals surface area contributed by atoms with Gasteiger partial charge in [0.25, 0.3) is 0 Å². The van der Waals surface area contributed by atoms with Gasteiger partial charge in [-0.1, -0.05) is 23.7 Å². The van der Waals surface area contributed by atoms with Crippen molar-refractivity contribution in [1.29, 1.82) is 0 Å². The SMILES string of the molecule is Clc1ccc(C(Cl)Cc2cccs2)cc1Br. The Labute approximate surface area is 117 Å². The molecule has 4 heteroatoms. The van der Waals surface area contributed by atoms with E-state index < -0.39 is 0 Å². The molecule has 1 heterocycles. The highest BCUT2D eigenvalue weighted by Gasteiger charge is 2.11. The normalized spacial score (nSPS) is 12.7. The average molecular weight is 336 g/mol. The molecule has 0 aliphatic heterocycles. The van der Waals surface area contributed by atoms with E-state index in [9.17, 15) is 0 Å². The van der Waals surface area contributed by atoms with Crippen LogP contribution in [0.3, 0.4) is 0 Å². The van der Waals surface area contributed by atoms with Gasteiger partial charge in [0.1, 0.15) is 0 Å². The maximum Gasteiger partial charge on any atom is 0.0633 e. The van der Waals surface area contributed by atoms with Crippen LogP contribution < -0.4 is 0 Å². The minimum Gasteiger partial charge on any atom is -0.149 e. The van der Waals surface area contributed by atoms with E-state index in [4.69, 9.17) is 23.2 Å². The highest BCUT2D eigenvalue weighted by Crippen LogP contribution is 2.31. The third kappa shape index (κ3) is 3.01. The van der Waals surface area contributed by atoms with E-state index in [1.165, 1.54) is 4.88 Å². The van der Waals surface area contributed by atoms with E-state index in [0.717, 1.165) is 16.5 Å². The second kappa shape index (κ2) is 5.54. The van der Waals surface area contributed by atoms with Gasteiger partial charge in [-0.15, -0.1) is 22.9 Å². The van der Waals surface area contributed by atoms with Crippen molar-refractivity contribution in [3.8, 4) is 0 Å². The molecule has 0 bridgehead atoms. The molecular weight excluding hydrogens is 327 g/mol. The standard InChI is InChI=1S/C12H9BrCl2S/c13-10-6-8(3-4-11(10)14)12(15)7-9-2-1-5-16-9/h1-6,12H,7H2. The van der Waals surface area contributed by atoms with Crippen LogP contribution in [0.15, 0.2) is 40.2 Å². The van der Waals surface area contributed by atoms with Crippen LogP contribution in [0.4, 0.5) is 0 Å². The largest absolute Gasteiger partial charge is 0.149 e. The fraction of sp³-hybridized carbons (Fsp3) is 0.167. The van der Waals surface area contributed by atoms with E-state index in [2.05, 4.69) is 27.4 Å². The molecule has 2 aromatic rings. The molecule has 0 aliphatic rings. The predicted molar refractivity (Wildman–Crippen MR) is 75.8 cm³/mol. The zero-order valence-electron chi connectivity index (χ0n) is 8.29. The van der Waals surface area contributed by atoms with Gasteiger partial charge in [-0.25, -0.2) is 0 Å². The summed E-state index contributed by atoms with van der Waals surface area (Å²) in [4.78, 5) is 1.30. The highest BCUT2D eigenvalue weighted by atomic mass is 79.9. The van der Waals surface area contributed by atoms with Crippen molar-refractivity contribution in [2.45, 2.75) is 11.8 Å². The van der Waals surface area contributed by atoms with Crippen molar-refractivity contribution in [3.05, 3.63) is 55.6 Å². The molecule has 1 atom stereocenters. The van der Waals surface area contributed by atoms with Crippen LogP contribution in [0, 0.1) is 0 Å². The number of hydrogen-bond donors (Lipinski definition) is 0. The smallest absolute Gasteiger partial charge is 0.0633 e. The Morgan fingerprint density at radius 1 is 1.31 bits per heavy atom. The molecule has 84 valence electrons. The van der Waals surface area contributed by atoms with Crippen LogP contribution in [0.5, 0.6) is 0 Å². The molecule has 0 fully saturated rings. The Hall–Kier alpha value is -0.0200. The summed E-state index contributed by atoms with van der Waals surface area (Å²) >= 11 is 17.4. The van der Waals surface area contributed by atoms with Crippen molar-refractivity contribution in [3.63, 3.8) is 0 Å². The monoisotopic (exact) mass is 334 g/mol. The summed E-state index contributed by atoms with van der Waals surface area (Å²) in [5.41, 5.74) is 1.09. The van der Waals surface area contributed by atoms with Gasteiger partial charge in [0.05, 0.1) is 10.4 Å². The first-order valence-electron chi connectivity index (χ1n) is 4.78. The lowest BCUT2D eigenvalue weighted by Gasteiger charge is -2.09. The van der Waals surface area contributed by atoms with E-state index in [1.807, 2.05) is 24.3 Å². The van der Waals surface area contributed by atoms with Crippen molar-refractivity contribution in [2.75, 3.05) is 0 Å². The number of hydrogen-bond acceptors (Lipinski definition) is 1. The topological polar surface area (TPSA) is 0 Å². The number of halogens is 3. The molecular formula is C12H9BrCl2S. The first-order valence-corrected chi connectivity index (χ1v) is 7.27. The van der Waals surface area contributed by atoms with Crippen LogP contribution >= 0.6 is 50.5 Å². The summed E-state index contributed by atoms with van der Waals surface area (Å²) in [5.74, 6) is 0. The van der Waals surface area contributed by atoms with Crippen molar-refractivity contribution in [1.82, 2.24) is 0 Å². The third-order valence-corrected chi connectivity index (χ3v) is 4.78. The number of rotatable bonds is 3. The summed E-state index contributed by atoms with van der Waals surface area (Å²) in [6.45, 7) is 0. The van der Waals surface area contributed by atoms with Crippen LogP contribution in [0.2, 0.25) is 5.02 Å². The lowest BCUT2D eigenvalue weighted by molar-refractivity contribution is 0.937. The predicted octanol–water partition coefficient (Wildman–Crippen LogP) is 5.69. The number of alkyl halides is 1. The van der Waals surface area contributed by atoms with Gasteiger partial charge in [-0.3, -0.25) is 0 Å². The summed E-state index contributed by atoms with van der Waals surface area (Å²) in [6.07, 6.45) is 0.854. The first kappa shape index (κ1) is 12.4. The van der Waals surface area contributed by atoms with E-state index >= 15 is 0 Å². The van der Waals surface area contributed by atoms with Gasteiger partial charge in [-0.2, -0.15) is 0 Å². The summed E-state index contributed by atoms with van der Waals surface area (Å²) in [5, 5.41) is 2.77. The lowest BCUT2D eigenvalue weighted by atomic mass is 10.1. The molecule has 0 nitrogen and oxygen atoms in total. The highest BCUT2D eigenvalue weighted by molar-refractivity contribution is 9.10. The Bertz CT molecular complexity index is 468. The molecule has 0 N–H and O–H groups in total. The Morgan fingerprint density at radius 3 is 2.75 bits per heavy atom. The van der Waals surface area contributed by atoms with E-state index in [1.54, 1.807) is 11.3 Å². The summed E-state index contributed by atoms with van der Waals surface area (Å²) < 4.78 is 0.892. The molecule has 0 aliphatic carbocycles. The first-order chi connectivity index (χ1) is 7.66. The molecule has 1 aromatic carbocycles. The van der Waals surface area contributed by atoms with E-state index in [-0.39, 0.29) is 5.38 Å². The van der Waals surface area contributed by atoms with Gasteiger partial charge in [-0.05, 0) is 45.1 Å². The molecule has 0 amide bonds. The Kier molecular flexibility index (Phi) is 4.31. The molecule has 0 spiro atoms. The van der Waals surface area contributed by atoms with Gasteiger partial charge >= 0.3 is 0 Å². The quantitative estimate of drug-likeness (QED) is 0.632. The van der Waals surface area contributed by atoms with Crippen molar-refractivity contribution >= 4 is 50.5 Å². The molecule has 0 radical (unpaired) electrons. The molecule has 2 rings (SSSR count). The lowest BCUT2D eigenvalue weighted by Crippen LogP contribution is -1.94. The zero-order chi connectivity index (χ0) is 11.5. The summed E-state index contributed by atoms with van der Waals surface area (Å²) in [6, 6.07) is 9.96. The van der Waals surface area contributed by atoms with Crippen molar-refractivity contribution < 1.29 is 0 Å². The average Bonchev–Trinajstić information content (AvgIpc) is 2.74. The second-order valence-corrected chi connectivity index (χ2v) is 6.25. The molecule has 0 saturated heterocycles. The maximum atomic E-state index is 6.36. The van der Waals surface area contributed by atoms with Gasteiger partial charge in [0.2, 0.25) is 0 Å². The fourth-order valence-corrected chi connectivity index (χ4v) is 3.09. The van der Waals surface area contributed by atoms with Gasteiger partial charge in [0, 0.05) is 15.8 Å². The molecule has 0 saturated carbocycles. The number of benzene rings is 1. The third-order valence-electron chi connectivity index (χ3n) is 2.27.